The fourth-order valence-electron chi connectivity index (χ4n) is 3.81. The number of carbonyl (C=O) groups excluding carboxylic acids is 1. The number of hydrogen-bond donors (Lipinski definition) is 1. The second-order valence-corrected chi connectivity index (χ2v) is 8.05. The van der Waals surface area contributed by atoms with Gasteiger partial charge in [0.25, 0.3) is 5.91 Å². The molecular formula is C22H36N2O3. The van der Waals surface area contributed by atoms with E-state index in [4.69, 9.17) is 9.47 Å². The van der Waals surface area contributed by atoms with Gasteiger partial charge in [0.2, 0.25) is 0 Å². The Balaban J connectivity index is 1.80. The van der Waals surface area contributed by atoms with E-state index in [1.165, 1.54) is 6.42 Å². The fraction of sp³-hybridized carbons (Fsp3) is 0.682. The van der Waals surface area contributed by atoms with E-state index in [-0.39, 0.29) is 5.91 Å². The molecule has 1 aliphatic rings. The van der Waals surface area contributed by atoms with Crippen molar-refractivity contribution in [3.63, 3.8) is 0 Å². The van der Waals surface area contributed by atoms with E-state index in [9.17, 15) is 4.79 Å². The lowest BCUT2D eigenvalue weighted by Gasteiger charge is -2.34. The molecule has 0 bridgehead atoms. The van der Waals surface area contributed by atoms with Crippen LogP contribution < -0.4 is 10.1 Å². The minimum absolute atomic E-state index is 0.117. The van der Waals surface area contributed by atoms with Gasteiger partial charge in [0.1, 0.15) is 18.0 Å². The number of benzene rings is 1. The molecule has 1 saturated heterocycles. The Kier molecular flexibility index (Phi) is 8.11. The van der Waals surface area contributed by atoms with Gasteiger partial charge in [-0.25, -0.2) is 0 Å². The molecule has 1 aromatic rings. The summed E-state index contributed by atoms with van der Waals surface area (Å²) in [6.07, 6.45) is 1.95. The average molecular weight is 377 g/mol. The van der Waals surface area contributed by atoms with Crippen LogP contribution in [-0.2, 0) is 9.53 Å². The summed E-state index contributed by atoms with van der Waals surface area (Å²) in [6, 6.07) is 7.56. The number of piperidine rings is 1. The smallest absolute Gasteiger partial charge is 0.256 e. The van der Waals surface area contributed by atoms with Crippen LogP contribution in [0, 0.1) is 11.8 Å². The van der Waals surface area contributed by atoms with Crippen LogP contribution in [0.15, 0.2) is 24.3 Å². The number of ether oxygens (including phenoxy) is 2. The first-order chi connectivity index (χ1) is 12.9. The molecule has 2 rings (SSSR count). The monoisotopic (exact) mass is 376 g/mol. The summed E-state index contributed by atoms with van der Waals surface area (Å²) in [4.78, 5) is 15.0. The molecule has 152 valence electrons. The molecule has 1 amide bonds. The van der Waals surface area contributed by atoms with Gasteiger partial charge < -0.3 is 14.8 Å². The van der Waals surface area contributed by atoms with Gasteiger partial charge in [-0.2, -0.15) is 0 Å². The Hall–Kier alpha value is -1.59. The number of amides is 1. The molecule has 1 aliphatic heterocycles. The highest BCUT2D eigenvalue weighted by molar-refractivity contribution is 5.97. The summed E-state index contributed by atoms with van der Waals surface area (Å²) in [5.41, 5.74) is -0.0440. The number of carbonyl (C=O) groups is 1. The van der Waals surface area contributed by atoms with Crippen molar-refractivity contribution in [2.24, 2.45) is 11.8 Å². The van der Waals surface area contributed by atoms with Crippen LogP contribution in [0.25, 0.3) is 0 Å². The number of anilines is 1. The van der Waals surface area contributed by atoms with Gasteiger partial charge in [-0.1, -0.05) is 20.8 Å². The largest absolute Gasteiger partial charge is 0.492 e. The van der Waals surface area contributed by atoms with Crippen molar-refractivity contribution in [2.45, 2.75) is 53.1 Å². The second-order valence-electron chi connectivity index (χ2n) is 8.05. The summed E-state index contributed by atoms with van der Waals surface area (Å²) in [7, 11) is 0. The molecule has 1 aromatic carbocycles. The lowest BCUT2D eigenvalue weighted by atomic mass is 9.92. The molecule has 3 atom stereocenters. The molecule has 27 heavy (non-hydrogen) atoms. The Labute approximate surface area is 164 Å². The van der Waals surface area contributed by atoms with Crippen molar-refractivity contribution in [3.05, 3.63) is 24.3 Å². The highest BCUT2D eigenvalue weighted by Gasteiger charge is 2.31. The van der Waals surface area contributed by atoms with Crippen LogP contribution in [0.1, 0.15) is 47.5 Å². The maximum Gasteiger partial charge on any atom is 0.256 e. The lowest BCUT2D eigenvalue weighted by Crippen LogP contribution is -2.42. The van der Waals surface area contributed by atoms with Crippen LogP contribution in [-0.4, -0.2) is 49.3 Å². The molecule has 0 saturated carbocycles. The molecule has 0 unspecified atom stereocenters. The number of nitrogens with one attached hydrogen (secondary N) is 1. The van der Waals surface area contributed by atoms with Gasteiger partial charge in [-0.05, 0) is 62.8 Å². The van der Waals surface area contributed by atoms with E-state index in [1.54, 1.807) is 0 Å². The maximum atomic E-state index is 12.5. The van der Waals surface area contributed by atoms with E-state index in [0.29, 0.717) is 19.6 Å². The Morgan fingerprint density at radius 2 is 1.81 bits per heavy atom. The lowest BCUT2D eigenvalue weighted by molar-refractivity contribution is -0.139. The first kappa shape index (κ1) is 21.7. The zero-order chi connectivity index (χ0) is 19.9. The Bertz CT molecular complexity index is 580. The van der Waals surface area contributed by atoms with Crippen molar-refractivity contribution in [3.8, 4) is 5.75 Å². The quantitative estimate of drug-likeness (QED) is 0.702. The number of nitrogens with zero attached hydrogens (tertiary/aromatic N) is 1. The highest BCUT2D eigenvalue weighted by Crippen LogP contribution is 2.22. The molecule has 0 aromatic heterocycles. The van der Waals surface area contributed by atoms with Crippen molar-refractivity contribution < 1.29 is 14.3 Å². The molecule has 0 radical (unpaired) electrons. The predicted octanol–water partition coefficient (Wildman–Crippen LogP) is 4.19. The van der Waals surface area contributed by atoms with E-state index < -0.39 is 5.60 Å². The average Bonchev–Trinajstić information content (AvgIpc) is 2.62. The predicted molar refractivity (Wildman–Crippen MR) is 110 cm³/mol. The standard InChI is InChI=1S/C22H36N2O3/c1-6-22(5,27-7-2)21(25)23-19-8-10-20(11-9-19)26-13-12-24-15-17(3)14-18(4)16-24/h8-11,17-18H,6-7,12-16H2,1-5H3,(H,23,25)/t17-,18-,22-/m1/s1. The minimum Gasteiger partial charge on any atom is -0.492 e. The number of likely N-dealkylation sites (tertiary alicyclic amines) is 1. The minimum atomic E-state index is -0.799. The van der Waals surface area contributed by atoms with Crippen molar-refractivity contribution in [1.29, 1.82) is 0 Å². The van der Waals surface area contributed by atoms with Crippen LogP contribution >= 0.6 is 0 Å². The summed E-state index contributed by atoms with van der Waals surface area (Å²) < 4.78 is 11.5. The first-order valence-electron chi connectivity index (χ1n) is 10.3. The molecule has 1 N–H and O–H groups in total. The summed E-state index contributed by atoms with van der Waals surface area (Å²) in [5, 5.41) is 2.94. The summed E-state index contributed by atoms with van der Waals surface area (Å²) >= 11 is 0. The molecular weight excluding hydrogens is 340 g/mol. The van der Waals surface area contributed by atoms with E-state index in [2.05, 4.69) is 24.1 Å². The van der Waals surface area contributed by atoms with Gasteiger partial charge in [0.05, 0.1) is 0 Å². The summed E-state index contributed by atoms with van der Waals surface area (Å²) in [5.74, 6) is 2.24. The second kappa shape index (κ2) is 10.1. The molecule has 1 heterocycles. The Morgan fingerprint density at radius 3 is 2.37 bits per heavy atom. The molecule has 0 spiro atoms. The van der Waals surface area contributed by atoms with Crippen molar-refractivity contribution in [1.82, 2.24) is 4.90 Å². The van der Waals surface area contributed by atoms with E-state index in [1.807, 2.05) is 45.0 Å². The van der Waals surface area contributed by atoms with Crippen LogP contribution in [0.4, 0.5) is 5.69 Å². The van der Waals surface area contributed by atoms with Crippen LogP contribution in [0.2, 0.25) is 0 Å². The SMILES string of the molecule is CCO[C@](C)(CC)C(=O)Nc1ccc(OCCN2C[C@H](C)C[C@@H](C)C2)cc1. The number of hydrogen-bond acceptors (Lipinski definition) is 4. The number of rotatable bonds is 9. The normalized spacial score (nSPS) is 22.9. The third-order valence-corrected chi connectivity index (χ3v) is 5.35. The van der Waals surface area contributed by atoms with Gasteiger partial charge in [0.15, 0.2) is 0 Å². The highest BCUT2D eigenvalue weighted by atomic mass is 16.5. The molecule has 5 nitrogen and oxygen atoms in total. The molecule has 1 fully saturated rings. The van der Waals surface area contributed by atoms with Gasteiger partial charge in [-0.3, -0.25) is 9.69 Å². The fourth-order valence-corrected chi connectivity index (χ4v) is 3.81. The zero-order valence-corrected chi connectivity index (χ0v) is 17.6. The van der Waals surface area contributed by atoms with Crippen LogP contribution in [0.5, 0.6) is 5.75 Å². The molecule has 0 aliphatic carbocycles. The first-order valence-corrected chi connectivity index (χ1v) is 10.3. The summed E-state index contributed by atoms with van der Waals surface area (Å²) in [6.45, 7) is 14.8. The van der Waals surface area contributed by atoms with Gasteiger partial charge >= 0.3 is 0 Å². The third kappa shape index (κ3) is 6.51. The topological polar surface area (TPSA) is 50.8 Å². The van der Waals surface area contributed by atoms with Gasteiger partial charge in [-0.15, -0.1) is 0 Å². The van der Waals surface area contributed by atoms with Crippen molar-refractivity contribution >= 4 is 11.6 Å². The van der Waals surface area contributed by atoms with E-state index >= 15 is 0 Å². The van der Waals surface area contributed by atoms with Crippen molar-refractivity contribution in [2.75, 3.05) is 38.2 Å². The zero-order valence-electron chi connectivity index (χ0n) is 17.6. The van der Waals surface area contributed by atoms with Crippen LogP contribution in [0.3, 0.4) is 0 Å². The maximum absolute atomic E-state index is 12.5. The van der Waals surface area contributed by atoms with Gasteiger partial charge in [0, 0.05) is 31.9 Å². The van der Waals surface area contributed by atoms with E-state index in [0.717, 1.165) is 42.9 Å². The third-order valence-electron chi connectivity index (χ3n) is 5.35. The molecule has 5 heteroatoms. The Morgan fingerprint density at radius 1 is 1.19 bits per heavy atom.